The second-order valence-corrected chi connectivity index (χ2v) is 4.44. The van der Waals surface area contributed by atoms with Crippen LogP contribution in [0.3, 0.4) is 0 Å². The molecule has 1 aliphatic heterocycles. The van der Waals surface area contributed by atoms with Gasteiger partial charge in [0.05, 0.1) is 0 Å². The van der Waals surface area contributed by atoms with Crippen molar-refractivity contribution in [1.29, 1.82) is 0 Å². The number of hydrogen-bond donors (Lipinski definition) is 1. The number of aliphatic carboxylic acids is 1. The molecular formula is C13H18N2O2. The van der Waals surface area contributed by atoms with Crippen molar-refractivity contribution in [3.05, 3.63) is 30.1 Å². The second-order valence-electron chi connectivity index (χ2n) is 4.44. The lowest BCUT2D eigenvalue weighted by molar-refractivity contribution is -0.143. The van der Waals surface area contributed by atoms with Crippen molar-refractivity contribution < 1.29 is 9.90 Å². The highest BCUT2D eigenvalue weighted by molar-refractivity contribution is 5.73. The summed E-state index contributed by atoms with van der Waals surface area (Å²) in [5, 5.41) is 9.24. The highest BCUT2D eigenvalue weighted by atomic mass is 16.4. The van der Waals surface area contributed by atoms with E-state index in [9.17, 15) is 9.90 Å². The first-order valence-electron chi connectivity index (χ1n) is 6.12. The smallest absolute Gasteiger partial charge is 0.320 e. The number of rotatable bonds is 4. The summed E-state index contributed by atoms with van der Waals surface area (Å²) in [7, 11) is 0. The van der Waals surface area contributed by atoms with Crippen molar-refractivity contribution in [3.8, 4) is 0 Å². The molecule has 1 aromatic heterocycles. The summed E-state index contributed by atoms with van der Waals surface area (Å²) < 4.78 is 0. The summed E-state index contributed by atoms with van der Waals surface area (Å²) in [6, 6.07) is 3.78. The van der Waals surface area contributed by atoms with Gasteiger partial charge in [-0.15, -0.1) is 0 Å². The molecule has 0 saturated carbocycles. The van der Waals surface area contributed by atoms with E-state index >= 15 is 0 Å². The van der Waals surface area contributed by atoms with E-state index in [1.54, 1.807) is 6.20 Å². The maximum atomic E-state index is 11.2. The number of likely N-dealkylation sites (tertiary alicyclic amines) is 1. The van der Waals surface area contributed by atoms with Gasteiger partial charge in [0.2, 0.25) is 0 Å². The summed E-state index contributed by atoms with van der Waals surface area (Å²) in [5.74, 6) is -0.719. The zero-order valence-electron chi connectivity index (χ0n) is 10.0. The van der Waals surface area contributed by atoms with Gasteiger partial charge in [-0.05, 0) is 37.4 Å². The average Bonchev–Trinajstić information content (AvgIpc) is 2.80. The zero-order valence-corrected chi connectivity index (χ0v) is 10.0. The van der Waals surface area contributed by atoms with E-state index < -0.39 is 5.97 Å². The van der Waals surface area contributed by atoms with E-state index in [2.05, 4.69) is 9.88 Å². The minimum atomic E-state index is -0.719. The fraction of sp³-hybridized carbons (Fsp3) is 0.538. The number of nitrogens with zero attached hydrogens (tertiary/aromatic N) is 2. The SMILES string of the molecule is CC[C@@H](C(=O)O)N1CCC[C@@H]1c1cccnc1. The van der Waals surface area contributed by atoms with Gasteiger partial charge in [-0.2, -0.15) is 0 Å². The first kappa shape index (κ1) is 12.0. The number of carbonyl (C=O) groups is 1. The van der Waals surface area contributed by atoms with Crippen molar-refractivity contribution >= 4 is 5.97 Å². The van der Waals surface area contributed by atoms with Gasteiger partial charge in [-0.25, -0.2) is 0 Å². The lowest BCUT2D eigenvalue weighted by Gasteiger charge is -2.29. The Morgan fingerprint density at radius 3 is 3.12 bits per heavy atom. The minimum Gasteiger partial charge on any atom is -0.480 e. The van der Waals surface area contributed by atoms with Crippen LogP contribution < -0.4 is 0 Å². The van der Waals surface area contributed by atoms with Crippen LogP contribution in [0.15, 0.2) is 24.5 Å². The molecule has 0 bridgehead atoms. The molecule has 92 valence electrons. The lowest BCUT2D eigenvalue weighted by atomic mass is 10.0. The van der Waals surface area contributed by atoms with Gasteiger partial charge < -0.3 is 5.11 Å². The number of hydrogen-bond acceptors (Lipinski definition) is 3. The molecule has 1 fully saturated rings. The van der Waals surface area contributed by atoms with Gasteiger partial charge in [-0.3, -0.25) is 14.7 Å². The lowest BCUT2D eigenvalue weighted by Crippen LogP contribution is -2.40. The summed E-state index contributed by atoms with van der Waals surface area (Å²) in [6.45, 7) is 2.79. The Bertz CT molecular complexity index is 380. The Balaban J connectivity index is 2.20. The Hall–Kier alpha value is -1.42. The highest BCUT2D eigenvalue weighted by Gasteiger charge is 2.34. The van der Waals surface area contributed by atoms with E-state index in [-0.39, 0.29) is 12.1 Å². The first-order valence-corrected chi connectivity index (χ1v) is 6.12. The third-order valence-corrected chi connectivity index (χ3v) is 3.44. The Morgan fingerprint density at radius 2 is 2.53 bits per heavy atom. The van der Waals surface area contributed by atoms with Crippen molar-refractivity contribution in [2.45, 2.75) is 38.3 Å². The molecule has 17 heavy (non-hydrogen) atoms. The van der Waals surface area contributed by atoms with E-state index in [4.69, 9.17) is 0 Å². The molecule has 1 aromatic rings. The number of pyridine rings is 1. The first-order chi connectivity index (χ1) is 8.24. The van der Waals surface area contributed by atoms with Crippen molar-refractivity contribution in [3.63, 3.8) is 0 Å². The normalized spacial score (nSPS) is 22.5. The predicted molar refractivity (Wildman–Crippen MR) is 64.6 cm³/mol. The maximum absolute atomic E-state index is 11.2. The van der Waals surface area contributed by atoms with Crippen molar-refractivity contribution in [2.24, 2.45) is 0 Å². The topological polar surface area (TPSA) is 53.4 Å². The third kappa shape index (κ3) is 2.47. The number of carboxylic acid groups (broad SMARTS) is 1. The van der Waals surface area contributed by atoms with Crippen molar-refractivity contribution in [1.82, 2.24) is 9.88 Å². The van der Waals surface area contributed by atoms with Crippen LogP contribution in [0.25, 0.3) is 0 Å². The molecule has 2 heterocycles. The fourth-order valence-corrected chi connectivity index (χ4v) is 2.64. The van der Waals surface area contributed by atoms with Crippen LogP contribution in [0.1, 0.15) is 37.8 Å². The Morgan fingerprint density at radius 1 is 1.71 bits per heavy atom. The summed E-state index contributed by atoms with van der Waals surface area (Å²) >= 11 is 0. The Kier molecular flexibility index (Phi) is 3.74. The molecule has 0 aliphatic carbocycles. The maximum Gasteiger partial charge on any atom is 0.320 e. The van der Waals surface area contributed by atoms with E-state index in [1.807, 2.05) is 25.3 Å². The molecule has 0 amide bonds. The molecule has 4 heteroatoms. The van der Waals surface area contributed by atoms with Crippen LogP contribution in [0.5, 0.6) is 0 Å². The van der Waals surface area contributed by atoms with Crippen LogP contribution in [0.4, 0.5) is 0 Å². The minimum absolute atomic E-state index is 0.213. The summed E-state index contributed by atoms with van der Waals surface area (Å²) in [4.78, 5) is 17.5. The molecule has 0 unspecified atom stereocenters. The number of aromatic nitrogens is 1. The monoisotopic (exact) mass is 234 g/mol. The second kappa shape index (κ2) is 5.27. The van der Waals surface area contributed by atoms with Gasteiger partial charge in [0.15, 0.2) is 0 Å². The van der Waals surface area contributed by atoms with Crippen LogP contribution >= 0.6 is 0 Å². The number of carboxylic acids is 1. The third-order valence-electron chi connectivity index (χ3n) is 3.44. The average molecular weight is 234 g/mol. The van der Waals surface area contributed by atoms with Gasteiger partial charge in [0.1, 0.15) is 6.04 Å². The van der Waals surface area contributed by atoms with E-state index in [0.29, 0.717) is 6.42 Å². The highest BCUT2D eigenvalue weighted by Crippen LogP contribution is 2.33. The fourth-order valence-electron chi connectivity index (χ4n) is 2.64. The predicted octanol–water partition coefficient (Wildman–Crippen LogP) is 2.08. The Labute approximate surface area is 101 Å². The van der Waals surface area contributed by atoms with E-state index in [1.165, 1.54) is 0 Å². The molecular weight excluding hydrogens is 216 g/mol. The van der Waals surface area contributed by atoms with Gasteiger partial charge in [-0.1, -0.05) is 13.0 Å². The quantitative estimate of drug-likeness (QED) is 0.866. The van der Waals surface area contributed by atoms with Crippen molar-refractivity contribution in [2.75, 3.05) is 6.54 Å². The van der Waals surface area contributed by atoms with Gasteiger partial charge in [0.25, 0.3) is 0 Å². The van der Waals surface area contributed by atoms with Crippen LogP contribution in [0, 0.1) is 0 Å². The molecule has 4 nitrogen and oxygen atoms in total. The summed E-state index contributed by atoms with van der Waals surface area (Å²) in [5.41, 5.74) is 1.13. The van der Waals surface area contributed by atoms with E-state index in [0.717, 1.165) is 24.9 Å². The van der Waals surface area contributed by atoms with Gasteiger partial charge >= 0.3 is 5.97 Å². The standard InChI is InChI=1S/C13H18N2O2/c1-2-11(13(16)17)15-8-4-6-12(15)10-5-3-7-14-9-10/h3,5,7,9,11-12H,2,4,6,8H2,1H3,(H,16,17)/t11-,12+/m0/s1. The summed E-state index contributed by atoms with van der Waals surface area (Å²) in [6.07, 6.45) is 6.32. The molecule has 0 radical (unpaired) electrons. The zero-order chi connectivity index (χ0) is 12.3. The molecule has 1 saturated heterocycles. The van der Waals surface area contributed by atoms with Crippen LogP contribution in [0.2, 0.25) is 0 Å². The van der Waals surface area contributed by atoms with Gasteiger partial charge in [0, 0.05) is 18.4 Å². The largest absolute Gasteiger partial charge is 0.480 e. The van der Waals surface area contributed by atoms with Crippen LogP contribution in [-0.2, 0) is 4.79 Å². The molecule has 1 N–H and O–H groups in total. The van der Waals surface area contributed by atoms with Crippen LogP contribution in [-0.4, -0.2) is 33.5 Å². The molecule has 0 aromatic carbocycles. The molecule has 2 atom stereocenters. The molecule has 0 spiro atoms. The molecule has 2 rings (SSSR count). The molecule has 1 aliphatic rings.